The molecule has 2 aromatic carbocycles. The Bertz CT molecular complexity index is 1080. The molecule has 0 aromatic heterocycles. The molecule has 7 nitrogen and oxygen atoms in total. The molecule has 2 N–H and O–H groups in total. The SMILES string of the molecule is CCC(=O)N1CCc2cc(S(=O)(=O)NCCC(=O)Nc3cc(C)ccc3C)ccc21. The molecular formula is C22H27N3O4S. The summed E-state index contributed by atoms with van der Waals surface area (Å²) < 4.78 is 27.7. The molecular weight excluding hydrogens is 402 g/mol. The van der Waals surface area contributed by atoms with Gasteiger partial charge in [0, 0.05) is 37.3 Å². The van der Waals surface area contributed by atoms with Crippen LogP contribution < -0.4 is 14.9 Å². The highest BCUT2D eigenvalue weighted by Gasteiger charge is 2.25. The molecule has 2 aromatic rings. The number of rotatable bonds is 7. The highest BCUT2D eigenvalue weighted by Crippen LogP contribution is 2.30. The first-order chi connectivity index (χ1) is 14.2. The molecule has 1 aliphatic heterocycles. The summed E-state index contributed by atoms with van der Waals surface area (Å²) in [5, 5.41) is 2.82. The van der Waals surface area contributed by atoms with Gasteiger partial charge in [0.05, 0.1) is 4.90 Å². The first-order valence-corrected chi connectivity index (χ1v) is 11.5. The van der Waals surface area contributed by atoms with Crippen LogP contribution in [0.3, 0.4) is 0 Å². The molecule has 1 aliphatic rings. The maximum Gasteiger partial charge on any atom is 0.240 e. The van der Waals surface area contributed by atoms with Crippen molar-refractivity contribution in [1.29, 1.82) is 0 Å². The molecule has 0 atom stereocenters. The second-order valence-corrected chi connectivity index (χ2v) is 9.22. The van der Waals surface area contributed by atoms with Gasteiger partial charge in [-0.25, -0.2) is 13.1 Å². The van der Waals surface area contributed by atoms with Gasteiger partial charge in [-0.1, -0.05) is 19.1 Å². The van der Waals surface area contributed by atoms with Gasteiger partial charge in [0.1, 0.15) is 0 Å². The maximum absolute atomic E-state index is 12.6. The van der Waals surface area contributed by atoms with Crippen LogP contribution in [0.1, 0.15) is 36.5 Å². The lowest BCUT2D eigenvalue weighted by molar-refractivity contribution is -0.118. The first kappa shape index (κ1) is 22.0. The summed E-state index contributed by atoms with van der Waals surface area (Å²) >= 11 is 0. The van der Waals surface area contributed by atoms with Crippen LogP contribution in [-0.4, -0.2) is 33.3 Å². The average Bonchev–Trinajstić information content (AvgIpc) is 3.13. The third kappa shape index (κ3) is 4.88. The largest absolute Gasteiger partial charge is 0.326 e. The number of hydrogen-bond donors (Lipinski definition) is 2. The topological polar surface area (TPSA) is 95.6 Å². The van der Waals surface area contributed by atoms with E-state index in [2.05, 4.69) is 10.0 Å². The van der Waals surface area contributed by atoms with Gasteiger partial charge in [-0.2, -0.15) is 0 Å². The molecule has 0 saturated carbocycles. The Morgan fingerprint density at radius 2 is 1.87 bits per heavy atom. The zero-order valence-electron chi connectivity index (χ0n) is 17.5. The molecule has 0 spiro atoms. The summed E-state index contributed by atoms with van der Waals surface area (Å²) in [5.74, 6) is -0.230. The number of nitrogens with one attached hydrogen (secondary N) is 2. The Morgan fingerprint density at radius 1 is 1.10 bits per heavy atom. The lowest BCUT2D eigenvalue weighted by Gasteiger charge is -2.16. The van der Waals surface area contributed by atoms with Crippen molar-refractivity contribution < 1.29 is 18.0 Å². The van der Waals surface area contributed by atoms with Crippen LogP contribution in [0.4, 0.5) is 11.4 Å². The predicted molar refractivity (Wildman–Crippen MR) is 117 cm³/mol. The third-order valence-electron chi connectivity index (χ3n) is 5.17. The summed E-state index contributed by atoms with van der Waals surface area (Å²) in [6.45, 7) is 6.21. The number of carbonyl (C=O) groups excluding carboxylic acids is 2. The first-order valence-electron chi connectivity index (χ1n) is 10.0. The van der Waals surface area contributed by atoms with Crippen LogP contribution in [0.15, 0.2) is 41.3 Å². The number of carbonyl (C=O) groups is 2. The second-order valence-electron chi connectivity index (χ2n) is 7.45. The molecule has 0 fully saturated rings. The van der Waals surface area contributed by atoms with Crippen LogP contribution in [0.2, 0.25) is 0 Å². The highest BCUT2D eigenvalue weighted by atomic mass is 32.2. The van der Waals surface area contributed by atoms with Crippen molar-refractivity contribution in [1.82, 2.24) is 4.72 Å². The van der Waals surface area contributed by atoms with E-state index in [1.165, 1.54) is 6.07 Å². The zero-order chi connectivity index (χ0) is 21.9. The Morgan fingerprint density at radius 3 is 2.60 bits per heavy atom. The summed E-state index contributed by atoms with van der Waals surface area (Å²) in [6.07, 6.45) is 1.06. The Kier molecular flexibility index (Phi) is 6.58. The smallest absolute Gasteiger partial charge is 0.240 e. The van der Waals surface area contributed by atoms with Crippen LogP contribution in [0, 0.1) is 13.8 Å². The Labute approximate surface area is 177 Å². The molecule has 1 heterocycles. The Balaban J connectivity index is 1.60. The number of nitrogens with zero attached hydrogens (tertiary/aromatic N) is 1. The fourth-order valence-electron chi connectivity index (χ4n) is 3.46. The summed E-state index contributed by atoms with van der Waals surface area (Å²) in [5.41, 5.74) is 4.32. The molecule has 0 unspecified atom stereocenters. The van der Waals surface area contributed by atoms with Crippen molar-refractivity contribution in [2.75, 3.05) is 23.3 Å². The number of fused-ring (bicyclic) bond motifs is 1. The van der Waals surface area contributed by atoms with Crippen molar-refractivity contribution in [2.24, 2.45) is 0 Å². The molecule has 0 saturated heterocycles. The number of aryl methyl sites for hydroxylation is 2. The number of sulfonamides is 1. The number of hydrogen-bond acceptors (Lipinski definition) is 4. The van der Waals surface area contributed by atoms with Crippen LogP contribution in [-0.2, 0) is 26.0 Å². The lowest BCUT2D eigenvalue weighted by atomic mass is 10.1. The molecule has 3 rings (SSSR count). The molecule has 0 bridgehead atoms. The van der Waals surface area contributed by atoms with E-state index in [9.17, 15) is 18.0 Å². The van der Waals surface area contributed by atoms with Gasteiger partial charge in [-0.3, -0.25) is 9.59 Å². The molecule has 2 amide bonds. The van der Waals surface area contributed by atoms with Gasteiger partial charge >= 0.3 is 0 Å². The van der Waals surface area contributed by atoms with E-state index in [-0.39, 0.29) is 29.7 Å². The van der Waals surface area contributed by atoms with Crippen molar-refractivity contribution in [3.8, 4) is 0 Å². The minimum atomic E-state index is -3.74. The maximum atomic E-state index is 12.6. The molecule has 8 heteroatoms. The fraction of sp³-hybridized carbons (Fsp3) is 0.364. The summed E-state index contributed by atoms with van der Waals surface area (Å²) in [6, 6.07) is 10.6. The zero-order valence-corrected chi connectivity index (χ0v) is 18.3. The van der Waals surface area contributed by atoms with Crippen LogP contribution in [0.5, 0.6) is 0 Å². The fourth-order valence-corrected chi connectivity index (χ4v) is 4.54. The molecule has 160 valence electrons. The van der Waals surface area contributed by atoms with Crippen LogP contribution in [0.25, 0.3) is 0 Å². The van der Waals surface area contributed by atoms with Gasteiger partial charge in [-0.15, -0.1) is 0 Å². The van der Waals surface area contributed by atoms with E-state index < -0.39 is 10.0 Å². The molecule has 0 aliphatic carbocycles. The summed E-state index contributed by atoms with van der Waals surface area (Å²) in [7, 11) is -3.74. The minimum absolute atomic E-state index is 0.00341. The summed E-state index contributed by atoms with van der Waals surface area (Å²) in [4.78, 5) is 26.0. The highest BCUT2D eigenvalue weighted by molar-refractivity contribution is 7.89. The van der Waals surface area contributed by atoms with E-state index in [0.717, 1.165) is 28.1 Å². The van der Waals surface area contributed by atoms with E-state index in [1.807, 2.05) is 32.0 Å². The quantitative estimate of drug-likeness (QED) is 0.707. The van der Waals surface area contributed by atoms with Crippen molar-refractivity contribution in [2.45, 2.75) is 44.9 Å². The molecule has 0 radical (unpaired) electrons. The monoisotopic (exact) mass is 429 g/mol. The van der Waals surface area contributed by atoms with Gasteiger partial charge in [0.15, 0.2) is 0 Å². The van der Waals surface area contributed by atoms with Gasteiger partial charge < -0.3 is 10.2 Å². The molecule has 30 heavy (non-hydrogen) atoms. The lowest BCUT2D eigenvalue weighted by Crippen LogP contribution is -2.28. The van der Waals surface area contributed by atoms with Gasteiger partial charge in [0.2, 0.25) is 21.8 Å². The van der Waals surface area contributed by atoms with Gasteiger partial charge in [-0.05, 0) is 61.2 Å². The van der Waals surface area contributed by atoms with Gasteiger partial charge in [0.25, 0.3) is 0 Å². The normalized spacial score (nSPS) is 13.2. The average molecular weight is 430 g/mol. The number of benzene rings is 2. The standard InChI is InChI=1S/C22H27N3O4S/c1-4-22(27)25-12-10-17-14-18(7-8-20(17)25)30(28,29)23-11-9-21(26)24-19-13-15(2)5-6-16(19)3/h5-8,13-14,23H,4,9-12H2,1-3H3,(H,24,26). The second kappa shape index (κ2) is 8.97. The van der Waals surface area contributed by atoms with Crippen LogP contribution >= 0.6 is 0 Å². The van der Waals surface area contributed by atoms with Crippen molar-refractivity contribution in [3.05, 3.63) is 53.1 Å². The Hall–Kier alpha value is -2.71. The van der Waals surface area contributed by atoms with E-state index >= 15 is 0 Å². The number of anilines is 2. The predicted octanol–water partition coefficient (Wildman–Crippen LogP) is 2.91. The van der Waals surface area contributed by atoms with Crippen molar-refractivity contribution >= 4 is 33.2 Å². The van der Waals surface area contributed by atoms with E-state index in [1.54, 1.807) is 24.0 Å². The third-order valence-corrected chi connectivity index (χ3v) is 6.63. The van der Waals surface area contributed by atoms with E-state index in [0.29, 0.717) is 19.4 Å². The minimum Gasteiger partial charge on any atom is -0.326 e. The van der Waals surface area contributed by atoms with E-state index in [4.69, 9.17) is 0 Å². The number of amides is 2. The van der Waals surface area contributed by atoms with Crippen molar-refractivity contribution in [3.63, 3.8) is 0 Å².